The predicted octanol–water partition coefficient (Wildman–Crippen LogP) is 2.69. The van der Waals surface area contributed by atoms with Crippen molar-refractivity contribution in [3.63, 3.8) is 0 Å². The number of hydrogen-bond donors (Lipinski definition) is 6. The van der Waals surface area contributed by atoms with Gasteiger partial charge in [-0.2, -0.15) is 0 Å². The highest BCUT2D eigenvalue weighted by Gasteiger charge is 2.45. The van der Waals surface area contributed by atoms with E-state index in [2.05, 4.69) is 0 Å². The summed E-state index contributed by atoms with van der Waals surface area (Å²) in [5.41, 5.74) is -0.515. The first kappa shape index (κ1) is 22.7. The first-order valence-corrected chi connectivity index (χ1v) is 10.6. The maximum Gasteiger partial charge on any atom is 0.473 e. The highest BCUT2D eigenvalue weighted by Crippen LogP contribution is 2.52. The van der Waals surface area contributed by atoms with Crippen LogP contribution in [-0.2, 0) is 13.6 Å². The molecule has 1 aliphatic heterocycles. The Morgan fingerprint density at radius 2 is 1.65 bits per heavy atom. The number of phosphoric acid groups is 1. The molecule has 0 aliphatic carbocycles. The second-order valence-corrected chi connectivity index (χ2v) is 8.74. The molecule has 3 rings (SSSR count). The highest BCUT2D eigenvalue weighted by molar-refractivity contribution is 7.47. The number of ketones is 1. The van der Waals surface area contributed by atoms with Gasteiger partial charge in [0.1, 0.15) is 22.8 Å². The molecule has 0 radical (unpaired) electrons. The number of aromatic hydroxyl groups is 5. The largest absolute Gasteiger partial charge is 0.508 e. The molecule has 31 heavy (non-hydrogen) atoms. The fourth-order valence-corrected chi connectivity index (χ4v) is 4.00. The summed E-state index contributed by atoms with van der Waals surface area (Å²) in [5.74, 6) is -4.78. The summed E-state index contributed by atoms with van der Waals surface area (Å²) < 4.78 is 28.0. The van der Waals surface area contributed by atoms with Crippen molar-refractivity contribution in [2.45, 2.75) is 26.1 Å². The smallest absolute Gasteiger partial charge is 0.473 e. The van der Waals surface area contributed by atoms with Crippen LogP contribution in [0.5, 0.6) is 34.5 Å². The van der Waals surface area contributed by atoms with E-state index in [-0.39, 0.29) is 23.8 Å². The van der Waals surface area contributed by atoms with E-state index in [1.807, 2.05) is 0 Å². The number of carbonyl (C=O) groups is 1. The van der Waals surface area contributed by atoms with Gasteiger partial charge in [0.25, 0.3) is 0 Å². The molecule has 1 unspecified atom stereocenters. The van der Waals surface area contributed by atoms with Gasteiger partial charge in [-0.25, -0.2) is 4.57 Å². The molecule has 12 heteroatoms. The zero-order chi connectivity index (χ0) is 23.1. The van der Waals surface area contributed by atoms with Crippen LogP contribution in [-0.4, -0.2) is 48.9 Å². The van der Waals surface area contributed by atoms with Crippen LogP contribution >= 0.6 is 7.82 Å². The van der Waals surface area contributed by atoms with Crippen LogP contribution in [0.2, 0.25) is 0 Å². The molecular weight excluding hydrogens is 435 g/mol. The Hall–Kier alpha value is -2.98. The van der Waals surface area contributed by atoms with Gasteiger partial charge < -0.3 is 35.2 Å². The monoisotopic (exact) mass is 456 g/mol. The first-order chi connectivity index (χ1) is 14.4. The summed E-state index contributed by atoms with van der Waals surface area (Å²) in [5, 5.41) is 49.0. The number of fused-ring (bicyclic) bond motifs is 1. The van der Waals surface area contributed by atoms with Crippen LogP contribution in [0, 0.1) is 5.92 Å². The second-order valence-electron chi connectivity index (χ2n) is 7.33. The summed E-state index contributed by atoms with van der Waals surface area (Å²) in [6, 6.07) is 3.82. The third kappa shape index (κ3) is 4.70. The molecule has 0 aromatic heterocycles. The van der Waals surface area contributed by atoms with Crippen LogP contribution in [0.25, 0.3) is 0 Å². The van der Waals surface area contributed by atoms with E-state index in [0.29, 0.717) is 0 Å². The lowest BCUT2D eigenvalue weighted by atomic mass is 9.92. The topological polar surface area (TPSA) is 183 Å². The molecule has 11 nitrogen and oxygen atoms in total. The number of carbonyl (C=O) groups excluding carboxylic acids is 1. The number of hydrogen-bond acceptors (Lipinski definition) is 10. The normalized spacial score (nSPS) is 20.2. The minimum atomic E-state index is -4.79. The zero-order valence-electron chi connectivity index (χ0n) is 16.4. The second kappa shape index (κ2) is 8.27. The molecular formula is C19H21O11P. The minimum absolute atomic E-state index is 0.108. The van der Waals surface area contributed by atoms with Gasteiger partial charge in [-0.15, -0.1) is 0 Å². The molecule has 1 heterocycles. The molecule has 0 saturated carbocycles. The average molecular weight is 456 g/mol. The number of Topliss-reactive ketones (excluding diaryl/α,β-unsaturated/α-hetero) is 1. The Bertz CT molecular complexity index is 1040. The van der Waals surface area contributed by atoms with E-state index >= 15 is 0 Å². The van der Waals surface area contributed by atoms with Crippen LogP contribution in [0.15, 0.2) is 24.3 Å². The van der Waals surface area contributed by atoms with E-state index in [9.17, 15) is 39.8 Å². The zero-order valence-corrected chi connectivity index (χ0v) is 17.3. The van der Waals surface area contributed by atoms with E-state index in [1.165, 1.54) is 0 Å². The fraction of sp³-hybridized carbons (Fsp3) is 0.316. The summed E-state index contributed by atoms with van der Waals surface area (Å²) in [7, 11) is -4.79. The molecule has 0 spiro atoms. The van der Waals surface area contributed by atoms with E-state index < -0.39 is 60.1 Å². The molecule has 6 N–H and O–H groups in total. The standard InChI is InChI=1S/C19H21O11P/c1-8(2)7-28-31(26,27)30-19-17(25)15-11(21)5-10(20)6-14(15)29-18(19)9-3-12(22)16(24)13(23)4-9/h3-6,8,18-24H,7H2,1-2H3,(H,26,27)/t18-,19+/m1/s1. The molecule has 0 saturated heterocycles. The van der Waals surface area contributed by atoms with Crippen molar-refractivity contribution in [3.8, 4) is 34.5 Å². The number of ether oxygens (including phenoxy) is 1. The minimum Gasteiger partial charge on any atom is -0.508 e. The maximum absolute atomic E-state index is 13.1. The highest BCUT2D eigenvalue weighted by atomic mass is 31.2. The molecule has 0 amide bonds. The van der Waals surface area contributed by atoms with Gasteiger partial charge >= 0.3 is 7.82 Å². The van der Waals surface area contributed by atoms with Gasteiger partial charge in [-0.05, 0) is 18.1 Å². The maximum atomic E-state index is 13.1. The third-order valence-corrected chi connectivity index (χ3v) is 5.31. The number of benzene rings is 2. The predicted molar refractivity (Wildman–Crippen MR) is 104 cm³/mol. The lowest BCUT2D eigenvalue weighted by Gasteiger charge is -2.33. The molecule has 168 valence electrons. The fourth-order valence-electron chi connectivity index (χ4n) is 2.96. The van der Waals surface area contributed by atoms with Gasteiger partial charge in [0, 0.05) is 17.7 Å². The van der Waals surface area contributed by atoms with Crippen LogP contribution < -0.4 is 4.74 Å². The Morgan fingerprint density at radius 3 is 2.23 bits per heavy atom. The Kier molecular flexibility index (Phi) is 6.06. The van der Waals surface area contributed by atoms with Crippen molar-refractivity contribution >= 4 is 13.6 Å². The number of phenolic OH excluding ortho intramolecular Hbond substituents is 5. The van der Waals surface area contributed by atoms with Crippen LogP contribution in [0.3, 0.4) is 0 Å². The van der Waals surface area contributed by atoms with Crippen molar-refractivity contribution in [3.05, 3.63) is 35.4 Å². The summed E-state index contributed by atoms with van der Waals surface area (Å²) in [6.45, 7) is 3.29. The quantitative estimate of drug-likeness (QED) is 0.277. The van der Waals surface area contributed by atoms with E-state index in [0.717, 1.165) is 24.3 Å². The van der Waals surface area contributed by atoms with Gasteiger partial charge in [0.15, 0.2) is 29.5 Å². The summed E-state index contributed by atoms with van der Waals surface area (Å²) in [4.78, 5) is 23.2. The Morgan fingerprint density at radius 1 is 1.03 bits per heavy atom. The molecule has 2 aromatic carbocycles. The van der Waals surface area contributed by atoms with Crippen molar-refractivity contribution < 1.29 is 53.6 Å². The molecule has 0 fully saturated rings. The lowest BCUT2D eigenvalue weighted by Crippen LogP contribution is -2.38. The van der Waals surface area contributed by atoms with Crippen molar-refractivity contribution in [2.75, 3.05) is 6.61 Å². The Labute approximate surface area is 176 Å². The molecule has 3 atom stereocenters. The van der Waals surface area contributed by atoms with Crippen molar-refractivity contribution in [1.82, 2.24) is 0 Å². The number of phenols is 5. The molecule has 0 bridgehead atoms. The van der Waals surface area contributed by atoms with E-state index in [4.69, 9.17) is 13.8 Å². The molecule has 2 aromatic rings. The summed E-state index contributed by atoms with van der Waals surface area (Å²) in [6.07, 6.45) is -3.38. The first-order valence-electron chi connectivity index (χ1n) is 9.07. The van der Waals surface area contributed by atoms with Gasteiger partial charge in [-0.3, -0.25) is 13.8 Å². The number of rotatable bonds is 6. The summed E-state index contributed by atoms with van der Waals surface area (Å²) >= 11 is 0. The Balaban J connectivity index is 2.09. The van der Waals surface area contributed by atoms with Crippen LogP contribution in [0.4, 0.5) is 0 Å². The third-order valence-electron chi connectivity index (χ3n) is 4.34. The van der Waals surface area contributed by atoms with Crippen LogP contribution in [0.1, 0.15) is 35.9 Å². The average Bonchev–Trinajstić information content (AvgIpc) is 2.65. The molecule has 1 aliphatic rings. The SMILES string of the molecule is CC(C)COP(=O)(O)O[C@H]1C(=O)c2c(O)cc(O)cc2O[C@@H]1c1cc(O)c(O)c(O)c1. The van der Waals surface area contributed by atoms with Gasteiger partial charge in [0.2, 0.25) is 5.78 Å². The van der Waals surface area contributed by atoms with Crippen molar-refractivity contribution in [2.24, 2.45) is 5.92 Å². The number of phosphoric ester groups is 1. The van der Waals surface area contributed by atoms with Gasteiger partial charge in [0.05, 0.1) is 6.61 Å². The van der Waals surface area contributed by atoms with Crippen molar-refractivity contribution in [1.29, 1.82) is 0 Å². The van der Waals surface area contributed by atoms with Gasteiger partial charge in [-0.1, -0.05) is 13.8 Å². The lowest BCUT2D eigenvalue weighted by molar-refractivity contribution is 0.0122. The van der Waals surface area contributed by atoms with E-state index in [1.54, 1.807) is 13.8 Å².